The van der Waals surface area contributed by atoms with Gasteiger partial charge in [0.25, 0.3) is 0 Å². The van der Waals surface area contributed by atoms with Gasteiger partial charge in [-0.25, -0.2) is 4.39 Å². The van der Waals surface area contributed by atoms with Crippen LogP contribution in [0.2, 0.25) is 0 Å². The molecule has 94 valence electrons. The zero-order chi connectivity index (χ0) is 12.8. The predicted molar refractivity (Wildman–Crippen MR) is 67.5 cm³/mol. The summed E-state index contributed by atoms with van der Waals surface area (Å²) in [6, 6.07) is 4.88. The highest BCUT2D eigenvalue weighted by Crippen LogP contribution is 2.14. The van der Waals surface area contributed by atoms with E-state index in [1.54, 1.807) is 12.1 Å². The highest BCUT2D eigenvalue weighted by atomic mass is 19.1. The van der Waals surface area contributed by atoms with E-state index in [0.717, 1.165) is 5.56 Å². The van der Waals surface area contributed by atoms with Crippen LogP contribution in [-0.2, 0) is 4.79 Å². The molecule has 0 saturated heterocycles. The van der Waals surface area contributed by atoms with Crippen molar-refractivity contribution in [3.05, 3.63) is 29.6 Å². The van der Waals surface area contributed by atoms with Gasteiger partial charge in [0.1, 0.15) is 5.82 Å². The van der Waals surface area contributed by atoms with Crippen molar-refractivity contribution in [2.24, 2.45) is 5.92 Å². The molecule has 0 unspecified atom stereocenters. The van der Waals surface area contributed by atoms with Crippen molar-refractivity contribution in [3.63, 3.8) is 0 Å². The largest absolute Gasteiger partial charge is 0.374 e. The highest BCUT2D eigenvalue weighted by molar-refractivity contribution is 5.80. The molecule has 1 aromatic rings. The lowest BCUT2D eigenvalue weighted by atomic mass is 10.2. The summed E-state index contributed by atoms with van der Waals surface area (Å²) < 4.78 is 13.4. The molecule has 0 aromatic heterocycles. The number of halogens is 1. The summed E-state index contributed by atoms with van der Waals surface area (Å²) in [7, 11) is 0. The minimum Gasteiger partial charge on any atom is -0.374 e. The van der Waals surface area contributed by atoms with E-state index >= 15 is 0 Å². The third-order valence-corrected chi connectivity index (χ3v) is 2.27. The van der Waals surface area contributed by atoms with Crippen LogP contribution >= 0.6 is 0 Å². The number of hydrogen-bond donors (Lipinski definition) is 2. The number of hydrogen-bond acceptors (Lipinski definition) is 2. The molecule has 0 aliphatic heterocycles. The molecule has 0 spiro atoms. The molecule has 1 aromatic carbocycles. The van der Waals surface area contributed by atoms with Gasteiger partial charge >= 0.3 is 0 Å². The van der Waals surface area contributed by atoms with Crippen molar-refractivity contribution in [1.29, 1.82) is 0 Å². The van der Waals surface area contributed by atoms with Crippen molar-refractivity contribution in [2.75, 3.05) is 18.4 Å². The number of aryl methyl sites for hydroxylation is 1. The molecule has 3 nitrogen and oxygen atoms in total. The van der Waals surface area contributed by atoms with Crippen LogP contribution in [0.15, 0.2) is 18.2 Å². The second-order valence-corrected chi connectivity index (χ2v) is 4.53. The fourth-order valence-electron chi connectivity index (χ4n) is 1.32. The second kappa shape index (κ2) is 6.23. The number of carbonyl (C=O) groups excluding carboxylic acids is 1. The van der Waals surface area contributed by atoms with Crippen molar-refractivity contribution in [1.82, 2.24) is 5.32 Å². The fraction of sp³-hybridized carbons (Fsp3) is 0.462. The molecule has 0 atom stereocenters. The van der Waals surface area contributed by atoms with Gasteiger partial charge in [0.15, 0.2) is 0 Å². The Hall–Kier alpha value is -1.58. The Labute approximate surface area is 101 Å². The predicted octanol–water partition coefficient (Wildman–Crippen LogP) is 2.32. The Balaban J connectivity index is 2.42. The van der Waals surface area contributed by atoms with Gasteiger partial charge in [-0.05, 0) is 30.5 Å². The first-order chi connectivity index (χ1) is 7.99. The zero-order valence-electron chi connectivity index (χ0n) is 10.5. The maximum absolute atomic E-state index is 13.4. The molecule has 0 radical (unpaired) electrons. The van der Waals surface area contributed by atoms with Crippen molar-refractivity contribution in [3.8, 4) is 0 Å². The Bertz CT molecular complexity index is 391. The van der Waals surface area contributed by atoms with E-state index in [9.17, 15) is 9.18 Å². The molecular weight excluding hydrogens is 219 g/mol. The normalized spacial score (nSPS) is 10.4. The number of rotatable bonds is 5. The Morgan fingerprint density at radius 3 is 2.71 bits per heavy atom. The van der Waals surface area contributed by atoms with Gasteiger partial charge in [0.05, 0.1) is 12.2 Å². The lowest BCUT2D eigenvalue weighted by Gasteiger charge is -2.10. The van der Waals surface area contributed by atoms with Crippen LogP contribution in [0.25, 0.3) is 0 Å². The SMILES string of the molecule is Cc1ccc(NCC(=O)NCC(C)C)c(F)c1. The van der Waals surface area contributed by atoms with Gasteiger partial charge in [-0.3, -0.25) is 4.79 Å². The quantitative estimate of drug-likeness (QED) is 0.826. The zero-order valence-corrected chi connectivity index (χ0v) is 10.5. The molecule has 1 amide bonds. The summed E-state index contributed by atoms with van der Waals surface area (Å²) in [4.78, 5) is 11.4. The second-order valence-electron chi connectivity index (χ2n) is 4.53. The van der Waals surface area contributed by atoms with Gasteiger partial charge in [0.2, 0.25) is 5.91 Å². The smallest absolute Gasteiger partial charge is 0.239 e. The summed E-state index contributed by atoms with van der Waals surface area (Å²) in [5, 5.41) is 5.54. The number of benzene rings is 1. The summed E-state index contributed by atoms with van der Waals surface area (Å²) in [5.74, 6) is -0.0459. The molecule has 4 heteroatoms. The van der Waals surface area contributed by atoms with Crippen molar-refractivity contribution >= 4 is 11.6 Å². The first-order valence-corrected chi connectivity index (χ1v) is 5.75. The summed E-state index contributed by atoms with van der Waals surface area (Å²) in [6.45, 7) is 6.59. The number of carbonyl (C=O) groups is 1. The van der Waals surface area contributed by atoms with E-state index in [1.165, 1.54) is 6.07 Å². The molecule has 0 aliphatic carbocycles. The first kappa shape index (κ1) is 13.5. The molecule has 0 fully saturated rings. The molecular formula is C13H19FN2O. The minimum absolute atomic E-state index is 0.0900. The molecule has 0 bridgehead atoms. The van der Waals surface area contributed by atoms with Gasteiger partial charge < -0.3 is 10.6 Å². The van der Waals surface area contributed by atoms with Gasteiger partial charge in [-0.2, -0.15) is 0 Å². The van der Waals surface area contributed by atoms with Crippen molar-refractivity contribution in [2.45, 2.75) is 20.8 Å². The molecule has 17 heavy (non-hydrogen) atoms. The monoisotopic (exact) mass is 238 g/mol. The van der Waals surface area contributed by atoms with E-state index in [-0.39, 0.29) is 18.3 Å². The standard InChI is InChI=1S/C13H19FN2O/c1-9(2)7-16-13(17)8-15-12-5-4-10(3)6-11(12)14/h4-6,9,15H,7-8H2,1-3H3,(H,16,17). The maximum atomic E-state index is 13.4. The van der Waals surface area contributed by atoms with Crippen LogP contribution in [0, 0.1) is 18.7 Å². The van der Waals surface area contributed by atoms with E-state index in [1.807, 2.05) is 20.8 Å². The van der Waals surface area contributed by atoms with Crippen LogP contribution in [0.4, 0.5) is 10.1 Å². The fourth-order valence-corrected chi connectivity index (χ4v) is 1.32. The van der Waals surface area contributed by atoms with Gasteiger partial charge in [0, 0.05) is 6.54 Å². The number of amides is 1. The maximum Gasteiger partial charge on any atom is 0.239 e. The van der Waals surface area contributed by atoms with Gasteiger partial charge in [-0.1, -0.05) is 19.9 Å². The Morgan fingerprint density at radius 1 is 1.41 bits per heavy atom. The van der Waals surface area contributed by atoms with E-state index in [2.05, 4.69) is 10.6 Å². The van der Waals surface area contributed by atoms with Crippen LogP contribution in [0.3, 0.4) is 0 Å². The van der Waals surface area contributed by atoms with E-state index < -0.39 is 0 Å². The third-order valence-electron chi connectivity index (χ3n) is 2.27. The Morgan fingerprint density at radius 2 is 2.12 bits per heavy atom. The Kier molecular flexibility index (Phi) is 4.94. The summed E-state index contributed by atoms with van der Waals surface area (Å²) in [6.07, 6.45) is 0. The molecule has 0 heterocycles. The molecule has 0 saturated carbocycles. The van der Waals surface area contributed by atoms with E-state index in [0.29, 0.717) is 18.2 Å². The van der Waals surface area contributed by atoms with Gasteiger partial charge in [-0.15, -0.1) is 0 Å². The van der Waals surface area contributed by atoms with Crippen LogP contribution < -0.4 is 10.6 Å². The molecule has 1 rings (SSSR count). The molecule has 0 aliphatic rings. The lowest BCUT2D eigenvalue weighted by Crippen LogP contribution is -2.32. The van der Waals surface area contributed by atoms with Crippen LogP contribution in [0.5, 0.6) is 0 Å². The molecule has 2 N–H and O–H groups in total. The summed E-state index contributed by atoms with van der Waals surface area (Å²) in [5.41, 5.74) is 1.22. The average molecular weight is 238 g/mol. The van der Waals surface area contributed by atoms with Crippen LogP contribution in [0.1, 0.15) is 19.4 Å². The lowest BCUT2D eigenvalue weighted by molar-refractivity contribution is -0.119. The minimum atomic E-state index is -0.332. The first-order valence-electron chi connectivity index (χ1n) is 5.75. The topological polar surface area (TPSA) is 41.1 Å². The van der Waals surface area contributed by atoms with Crippen molar-refractivity contribution < 1.29 is 9.18 Å². The summed E-state index contributed by atoms with van der Waals surface area (Å²) >= 11 is 0. The number of nitrogens with one attached hydrogen (secondary N) is 2. The third kappa shape index (κ3) is 4.85. The van der Waals surface area contributed by atoms with E-state index in [4.69, 9.17) is 0 Å². The van der Waals surface area contributed by atoms with Crippen LogP contribution in [-0.4, -0.2) is 19.0 Å². The number of anilines is 1. The average Bonchev–Trinajstić information content (AvgIpc) is 2.25. The highest BCUT2D eigenvalue weighted by Gasteiger charge is 2.05.